The quantitative estimate of drug-likeness (QED) is 0.155. The van der Waals surface area contributed by atoms with Gasteiger partial charge in [-0.15, -0.1) is 0 Å². The van der Waals surface area contributed by atoms with E-state index in [4.69, 9.17) is 18.5 Å². The summed E-state index contributed by atoms with van der Waals surface area (Å²) in [6.45, 7) is 16.8. The van der Waals surface area contributed by atoms with E-state index in [1.807, 2.05) is 50.2 Å². The van der Waals surface area contributed by atoms with E-state index in [0.29, 0.717) is 11.5 Å². The molecule has 0 spiro atoms. The van der Waals surface area contributed by atoms with Crippen molar-refractivity contribution < 1.29 is 28.1 Å². The van der Waals surface area contributed by atoms with Gasteiger partial charge in [0.05, 0.1) is 26.1 Å². The van der Waals surface area contributed by atoms with Gasteiger partial charge in [-0.1, -0.05) is 65.8 Å². The molecule has 0 atom stereocenters. The number of carbonyl (C=O) groups is 2. The minimum atomic E-state index is -0.359. The second-order valence-electron chi connectivity index (χ2n) is 10.7. The van der Waals surface area contributed by atoms with Crippen molar-refractivity contribution in [2.24, 2.45) is 0 Å². The van der Waals surface area contributed by atoms with Crippen LogP contribution in [0, 0.1) is 13.8 Å². The van der Waals surface area contributed by atoms with Crippen molar-refractivity contribution in [3.05, 3.63) is 58.7 Å². The molecule has 0 saturated carbocycles. The summed E-state index contributed by atoms with van der Waals surface area (Å²) in [5.41, 5.74) is 3.75. The highest BCUT2D eigenvalue weighted by Crippen LogP contribution is 2.33. The zero-order valence-corrected chi connectivity index (χ0v) is 23.2. The van der Waals surface area contributed by atoms with Crippen molar-refractivity contribution in [3.8, 4) is 11.5 Å². The summed E-state index contributed by atoms with van der Waals surface area (Å²) in [6, 6.07) is 11.8. The van der Waals surface area contributed by atoms with E-state index in [9.17, 15) is 9.59 Å². The number of esters is 2. The molecule has 0 heterocycles. The third-order valence-corrected chi connectivity index (χ3v) is 5.92. The maximum absolute atomic E-state index is 12.3. The molecule has 0 aliphatic carbocycles. The summed E-state index contributed by atoms with van der Waals surface area (Å²) in [7, 11) is -0.275. The van der Waals surface area contributed by atoms with Crippen LogP contribution in [0.25, 0.3) is 0 Å². The van der Waals surface area contributed by atoms with Crippen LogP contribution in [-0.4, -0.2) is 25.2 Å². The molecule has 35 heavy (non-hydrogen) atoms. The highest BCUT2D eigenvalue weighted by molar-refractivity contribution is 7.26. The molecule has 7 heteroatoms. The summed E-state index contributed by atoms with van der Waals surface area (Å²) in [5, 5.41) is 0. The molecule has 0 amide bonds. The second kappa shape index (κ2) is 12.6. The van der Waals surface area contributed by atoms with E-state index in [-0.39, 0.29) is 57.9 Å². The second-order valence-corrected chi connectivity index (χ2v) is 11.5. The highest BCUT2D eigenvalue weighted by Gasteiger charge is 2.22. The smallest absolute Gasteiger partial charge is 0.313 e. The lowest BCUT2D eigenvalue weighted by Gasteiger charge is -2.22. The van der Waals surface area contributed by atoms with Crippen LogP contribution in [0.4, 0.5) is 0 Å². The Hall–Kier alpha value is -2.27. The summed E-state index contributed by atoms with van der Waals surface area (Å²) in [5.74, 6) is 0.454. The van der Waals surface area contributed by atoms with E-state index in [0.717, 1.165) is 22.3 Å². The average Bonchev–Trinajstić information content (AvgIpc) is 2.71. The number of carbonyl (C=O) groups excluding carboxylic acids is 2. The lowest BCUT2D eigenvalue weighted by atomic mass is 9.86. The van der Waals surface area contributed by atoms with Gasteiger partial charge in [0, 0.05) is 11.1 Å². The molecule has 0 aliphatic heterocycles. The van der Waals surface area contributed by atoms with E-state index in [1.165, 1.54) is 0 Å². The van der Waals surface area contributed by atoms with Crippen molar-refractivity contribution in [1.29, 1.82) is 0 Å². The van der Waals surface area contributed by atoms with Gasteiger partial charge in [0.1, 0.15) is 11.5 Å². The summed E-state index contributed by atoms with van der Waals surface area (Å²) in [4.78, 5) is 24.6. The maximum Gasteiger partial charge on any atom is 0.313 e. The standard InChI is InChI=1S/C28H39O6P/c1-19-9-11-21(27(3,4)5)23(17-19)33-25(29)13-15-31-35-32-16-14-26(30)34-24-18-20(2)10-12-22(24)28(6,7)8/h9-12,17-18,35H,13-16H2,1-8H3. The number of ether oxygens (including phenoxy) is 2. The molecular weight excluding hydrogens is 463 g/mol. The van der Waals surface area contributed by atoms with E-state index >= 15 is 0 Å². The first-order chi connectivity index (χ1) is 16.3. The number of hydrogen-bond donors (Lipinski definition) is 0. The molecule has 6 nitrogen and oxygen atoms in total. The maximum atomic E-state index is 12.3. The molecule has 0 N–H and O–H groups in total. The minimum absolute atomic E-state index is 0.110. The normalized spacial score (nSPS) is 11.9. The first-order valence-corrected chi connectivity index (χ1v) is 12.7. The number of rotatable bonds is 10. The van der Waals surface area contributed by atoms with Crippen LogP contribution < -0.4 is 9.47 Å². The summed E-state index contributed by atoms with van der Waals surface area (Å²) < 4.78 is 22.0. The number of benzene rings is 2. The Bertz CT molecular complexity index is 936. The molecule has 0 unspecified atom stereocenters. The predicted octanol–water partition coefficient (Wildman–Crippen LogP) is 6.73. The van der Waals surface area contributed by atoms with Crippen LogP contribution in [0.1, 0.15) is 76.6 Å². The van der Waals surface area contributed by atoms with E-state index in [2.05, 4.69) is 41.5 Å². The third kappa shape index (κ3) is 9.71. The molecule has 2 aromatic rings. The van der Waals surface area contributed by atoms with Crippen LogP contribution in [0.5, 0.6) is 11.5 Å². The Morgan fingerprint density at radius 3 is 1.40 bits per heavy atom. The Balaban J connectivity index is 1.70. The SMILES string of the molecule is Cc1ccc(C(C)(C)C)c(OC(=O)CCOPOCCC(=O)Oc2cc(C)ccc2C(C)(C)C)c1. The van der Waals surface area contributed by atoms with Gasteiger partial charge >= 0.3 is 11.9 Å². The van der Waals surface area contributed by atoms with Crippen LogP contribution in [0.15, 0.2) is 36.4 Å². The fourth-order valence-electron chi connectivity index (χ4n) is 3.41. The van der Waals surface area contributed by atoms with E-state index < -0.39 is 0 Å². The molecule has 0 aromatic heterocycles. The van der Waals surface area contributed by atoms with Gasteiger partial charge in [0.15, 0.2) is 9.03 Å². The largest absolute Gasteiger partial charge is 0.426 e. The third-order valence-electron chi connectivity index (χ3n) is 5.27. The molecule has 0 saturated heterocycles. The van der Waals surface area contributed by atoms with Gasteiger partial charge in [-0.3, -0.25) is 9.59 Å². The number of hydrogen-bond acceptors (Lipinski definition) is 6. The zero-order valence-electron chi connectivity index (χ0n) is 22.2. The number of aryl methyl sites for hydroxylation is 2. The Morgan fingerprint density at radius 1 is 0.686 bits per heavy atom. The minimum Gasteiger partial charge on any atom is -0.426 e. The van der Waals surface area contributed by atoms with Crippen molar-refractivity contribution in [2.45, 2.75) is 79.1 Å². The monoisotopic (exact) mass is 502 g/mol. The van der Waals surface area contributed by atoms with Gasteiger partial charge < -0.3 is 18.5 Å². The highest BCUT2D eigenvalue weighted by atomic mass is 31.1. The van der Waals surface area contributed by atoms with Crippen molar-refractivity contribution >= 4 is 21.0 Å². The van der Waals surface area contributed by atoms with Crippen molar-refractivity contribution in [1.82, 2.24) is 0 Å². The van der Waals surface area contributed by atoms with Crippen LogP contribution in [-0.2, 0) is 29.5 Å². The van der Waals surface area contributed by atoms with Crippen LogP contribution >= 0.6 is 9.03 Å². The fraction of sp³-hybridized carbons (Fsp3) is 0.500. The molecule has 0 radical (unpaired) electrons. The average molecular weight is 503 g/mol. The lowest BCUT2D eigenvalue weighted by molar-refractivity contribution is -0.135. The Kier molecular flexibility index (Phi) is 10.4. The van der Waals surface area contributed by atoms with Gasteiger partial charge in [-0.2, -0.15) is 0 Å². The topological polar surface area (TPSA) is 71.1 Å². The van der Waals surface area contributed by atoms with Gasteiger partial charge in [0.2, 0.25) is 0 Å². The Morgan fingerprint density at radius 2 is 1.06 bits per heavy atom. The molecule has 0 bridgehead atoms. The van der Waals surface area contributed by atoms with Crippen LogP contribution in [0.2, 0.25) is 0 Å². The van der Waals surface area contributed by atoms with Crippen LogP contribution in [0.3, 0.4) is 0 Å². The summed E-state index contributed by atoms with van der Waals surface area (Å²) in [6.07, 6.45) is 0.220. The van der Waals surface area contributed by atoms with E-state index in [1.54, 1.807) is 0 Å². The predicted molar refractivity (Wildman–Crippen MR) is 140 cm³/mol. The molecule has 2 rings (SSSR count). The molecule has 192 valence electrons. The molecule has 0 fully saturated rings. The molecular formula is C28H39O6P. The summed E-state index contributed by atoms with van der Waals surface area (Å²) >= 11 is 0. The van der Waals surface area contributed by atoms with Crippen molar-refractivity contribution in [2.75, 3.05) is 13.2 Å². The van der Waals surface area contributed by atoms with Gasteiger partial charge in [0.25, 0.3) is 0 Å². The van der Waals surface area contributed by atoms with Gasteiger partial charge in [-0.05, 0) is 47.9 Å². The Labute approximate surface area is 211 Å². The first-order valence-electron chi connectivity index (χ1n) is 11.9. The molecule has 2 aromatic carbocycles. The fourth-order valence-corrected chi connectivity index (χ4v) is 3.86. The van der Waals surface area contributed by atoms with Gasteiger partial charge in [-0.25, -0.2) is 0 Å². The van der Waals surface area contributed by atoms with Crippen molar-refractivity contribution in [3.63, 3.8) is 0 Å². The first kappa shape index (κ1) is 29.0. The molecule has 0 aliphatic rings. The lowest BCUT2D eigenvalue weighted by Crippen LogP contribution is -2.17. The zero-order chi connectivity index (χ0) is 26.2.